The number of phenols is 1. The Balaban J connectivity index is 2.02. The SMILES string of the molecule is CCS(=O)(=O)c1ccc(O)c(NC(=O)COc2ccc(C(C)(C)CC(C)(C)C)cc2)c1. The lowest BCUT2D eigenvalue weighted by Crippen LogP contribution is -2.24. The minimum Gasteiger partial charge on any atom is -0.506 e. The molecule has 31 heavy (non-hydrogen) atoms. The Morgan fingerprint density at radius 1 is 1.03 bits per heavy atom. The van der Waals surface area contributed by atoms with Gasteiger partial charge >= 0.3 is 0 Å². The van der Waals surface area contributed by atoms with E-state index in [1.54, 1.807) is 0 Å². The molecule has 0 aromatic heterocycles. The maximum atomic E-state index is 12.3. The van der Waals surface area contributed by atoms with Crippen LogP contribution in [0.5, 0.6) is 11.5 Å². The van der Waals surface area contributed by atoms with Crippen molar-refractivity contribution in [3.8, 4) is 11.5 Å². The van der Waals surface area contributed by atoms with Gasteiger partial charge in [0.15, 0.2) is 16.4 Å². The second-order valence-electron chi connectivity index (χ2n) is 9.56. The number of amides is 1. The van der Waals surface area contributed by atoms with E-state index in [1.165, 1.54) is 30.7 Å². The van der Waals surface area contributed by atoms with Gasteiger partial charge in [-0.2, -0.15) is 0 Å². The van der Waals surface area contributed by atoms with Gasteiger partial charge in [-0.3, -0.25) is 4.79 Å². The van der Waals surface area contributed by atoms with Gasteiger partial charge in [-0.25, -0.2) is 8.42 Å². The van der Waals surface area contributed by atoms with E-state index in [1.807, 2.05) is 24.3 Å². The van der Waals surface area contributed by atoms with Gasteiger partial charge in [0.25, 0.3) is 5.91 Å². The van der Waals surface area contributed by atoms with E-state index in [0.717, 1.165) is 6.42 Å². The first-order chi connectivity index (χ1) is 14.2. The van der Waals surface area contributed by atoms with Crippen LogP contribution >= 0.6 is 0 Å². The summed E-state index contributed by atoms with van der Waals surface area (Å²) in [7, 11) is -3.45. The van der Waals surface area contributed by atoms with Crippen molar-refractivity contribution in [2.75, 3.05) is 17.7 Å². The first-order valence-corrected chi connectivity index (χ1v) is 12.0. The summed E-state index contributed by atoms with van der Waals surface area (Å²) in [4.78, 5) is 12.3. The summed E-state index contributed by atoms with van der Waals surface area (Å²) in [5.74, 6) is -0.235. The minimum absolute atomic E-state index is 0.00945. The molecule has 1 amide bonds. The zero-order valence-electron chi connectivity index (χ0n) is 19.2. The molecule has 0 atom stereocenters. The summed E-state index contributed by atoms with van der Waals surface area (Å²) in [6.07, 6.45) is 1.03. The average molecular weight is 448 g/mol. The third-order valence-electron chi connectivity index (χ3n) is 4.96. The Morgan fingerprint density at radius 2 is 1.65 bits per heavy atom. The molecule has 0 heterocycles. The minimum atomic E-state index is -3.45. The number of benzene rings is 2. The molecule has 0 spiro atoms. The number of carbonyl (C=O) groups is 1. The van der Waals surface area contributed by atoms with Crippen LogP contribution in [0, 0.1) is 5.41 Å². The van der Waals surface area contributed by atoms with E-state index in [0.29, 0.717) is 5.75 Å². The second kappa shape index (κ2) is 9.30. The number of hydrogen-bond acceptors (Lipinski definition) is 5. The number of sulfone groups is 1. The highest BCUT2D eigenvalue weighted by molar-refractivity contribution is 7.91. The Morgan fingerprint density at radius 3 is 2.19 bits per heavy atom. The van der Waals surface area contributed by atoms with Crippen molar-refractivity contribution < 1.29 is 23.1 Å². The van der Waals surface area contributed by atoms with Crippen LogP contribution < -0.4 is 10.1 Å². The number of nitrogens with one attached hydrogen (secondary N) is 1. The molecule has 170 valence electrons. The van der Waals surface area contributed by atoms with Crippen LogP contribution in [0.2, 0.25) is 0 Å². The molecule has 0 bridgehead atoms. The molecule has 0 saturated heterocycles. The van der Waals surface area contributed by atoms with E-state index in [9.17, 15) is 18.3 Å². The van der Waals surface area contributed by atoms with Crippen molar-refractivity contribution in [2.24, 2.45) is 5.41 Å². The third-order valence-corrected chi connectivity index (χ3v) is 6.69. The summed E-state index contributed by atoms with van der Waals surface area (Å²) in [5, 5.41) is 12.4. The lowest BCUT2D eigenvalue weighted by atomic mass is 9.72. The van der Waals surface area contributed by atoms with E-state index < -0.39 is 15.7 Å². The van der Waals surface area contributed by atoms with Gasteiger partial charge in [-0.1, -0.05) is 53.7 Å². The standard InChI is InChI=1S/C24H33NO5S/c1-7-31(28,29)19-12-13-21(26)20(14-19)25-22(27)15-30-18-10-8-17(9-11-18)24(5,6)16-23(2,3)4/h8-14,26H,7,15-16H2,1-6H3,(H,25,27). The van der Waals surface area contributed by atoms with E-state index in [2.05, 4.69) is 39.9 Å². The van der Waals surface area contributed by atoms with Crippen LogP contribution in [0.3, 0.4) is 0 Å². The number of ether oxygens (including phenoxy) is 1. The molecule has 0 saturated carbocycles. The summed E-state index contributed by atoms with van der Waals surface area (Å²) < 4.78 is 29.6. The summed E-state index contributed by atoms with van der Waals surface area (Å²) in [6, 6.07) is 11.5. The van der Waals surface area contributed by atoms with Crippen LogP contribution in [-0.4, -0.2) is 31.8 Å². The monoisotopic (exact) mass is 447 g/mol. The van der Waals surface area contributed by atoms with Crippen molar-refractivity contribution in [1.29, 1.82) is 0 Å². The average Bonchev–Trinajstić information content (AvgIpc) is 2.66. The summed E-state index contributed by atoms with van der Waals surface area (Å²) in [6.45, 7) is 12.3. The fourth-order valence-corrected chi connectivity index (χ4v) is 4.65. The van der Waals surface area contributed by atoms with Gasteiger partial charge in [0.05, 0.1) is 16.3 Å². The number of rotatable bonds is 8. The molecule has 2 aromatic carbocycles. The Bertz CT molecular complexity index is 1020. The molecular weight excluding hydrogens is 414 g/mol. The first kappa shape index (κ1) is 24.7. The van der Waals surface area contributed by atoms with Crippen LogP contribution in [0.25, 0.3) is 0 Å². The molecule has 0 unspecified atom stereocenters. The second-order valence-corrected chi connectivity index (χ2v) is 11.8. The van der Waals surface area contributed by atoms with Gasteiger partial charge in [0, 0.05) is 0 Å². The first-order valence-electron chi connectivity index (χ1n) is 10.3. The fraction of sp³-hybridized carbons (Fsp3) is 0.458. The lowest BCUT2D eigenvalue weighted by Gasteiger charge is -2.33. The predicted molar refractivity (Wildman–Crippen MR) is 123 cm³/mol. The quantitative estimate of drug-likeness (QED) is 0.561. The molecule has 2 aromatic rings. The van der Waals surface area contributed by atoms with Crippen LogP contribution in [0.1, 0.15) is 53.5 Å². The van der Waals surface area contributed by atoms with E-state index in [4.69, 9.17) is 4.74 Å². The smallest absolute Gasteiger partial charge is 0.262 e. The number of anilines is 1. The van der Waals surface area contributed by atoms with Crippen molar-refractivity contribution in [3.05, 3.63) is 48.0 Å². The summed E-state index contributed by atoms with van der Waals surface area (Å²) in [5.41, 5.74) is 1.44. The molecule has 0 aliphatic heterocycles. The molecule has 0 aliphatic rings. The Labute approximate surface area is 185 Å². The van der Waals surface area contributed by atoms with Crippen LogP contribution in [0.15, 0.2) is 47.4 Å². The van der Waals surface area contributed by atoms with Crippen molar-refractivity contribution in [2.45, 2.75) is 58.3 Å². The number of phenolic OH excluding ortho intramolecular Hbond substituents is 1. The normalized spacial score (nSPS) is 12.5. The molecular formula is C24H33NO5S. The molecule has 0 fully saturated rings. The molecule has 0 radical (unpaired) electrons. The molecule has 7 heteroatoms. The third kappa shape index (κ3) is 6.99. The topological polar surface area (TPSA) is 92.7 Å². The van der Waals surface area contributed by atoms with Gasteiger partial charge < -0.3 is 15.2 Å². The number of hydrogen-bond donors (Lipinski definition) is 2. The highest BCUT2D eigenvalue weighted by Crippen LogP contribution is 2.36. The van der Waals surface area contributed by atoms with Gasteiger partial charge in [-0.15, -0.1) is 0 Å². The molecule has 6 nitrogen and oxygen atoms in total. The zero-order chi connectivity index (χ0) is 23.4. The fourth-order valence-electron chi connectivity index (χ4n) is 3.74. The predicted octanol–water partition coefficient (Wildman–Crippen LogP) is 4.92. The number of carbonyl (C=O) groups excluding carboxylic acids is 1. The van der Waals surface area contributed by atoms with Crippen LogP contribution in [-0.2, 0) is 20.0 Å². The van der Waals surface area contributed by atoms with Gasteiger partial charge in [0.1, 0.15) is 11.5 Å². The van der Waals surface area contributed by atoms with Crippen molar-refractivity contribution in [1.82, 2.24) is 0 Å². The van der Waals surface area contributed by atoms with Gasteiger partial charge in [-0.05, 0) is 53.1 Å². The largest absolute Gasteiger partial charge is 0.506 e. The molecule has 2 rings (SSSR count). The van der Waals surface area contributed by atoms with E-state index in [-0.39, 0.29) is 39.5 Å². The van der Waals surface area contributed by atoms with Crippen LogP contribution in [0.4, 0.5) is 5.69 Å². The highest BCUT2D eigenvalue weighted by atomic mass is 32.2. The zero-order valence-corrected chi connectivity index (χ0v) is 20.0. The Hall–Kier alpha value is -2.54. The number of aromatic hydroxyl groups is 1. The van der Waals surface area contributed by atoms with Gasteiger partial charge in [0.2, 0.25) is 0 Å². The van der Waals surface area contributed by atoms with E-state index >= 15 is 0 Å². The summed E-state index contributed by atoms with van der Waals surface area (Å²) >= 11 is 0. The van der Waals surface area contributed by atoms with Crippen molar-refractivity contribution in [3.63, 3.8) is 0 Å². The maximum absolute atomic E-state index is 12.3. The molecule has 2 N–H and O–H groups in total. The molecule has 0 aliphatic carbocycles. The Kier molecular flexibility index (Phi) is 7.42. The highest BCUT2D eigenvalue weighted by Gasteiger charge is 2.27. The lowest BCUT2D eigenvalue weighted by molar-refractivity contribution is -0.118. The maximum Gasteiger partial charge on any atom is 0.262 e. The van der Waals surface area contributed by atoms with Crippen molar-refractivity contribution >= 4 is 21.4 Å².